The largest absolute Gasteiger partial charge is 0.462 e. The molecule has 3 aromatic rings. The second-order valence-electron chi connectivity index (χ2n) is 5.54. The van der Waals surface area contributed by atoms with Gasteiger partial charge in [0.1, 0.15) is 16.7 Å². The molecule has 0 saturated heterocycles. The fourth-order valence-electron chi connectivity index (χ4n) is 2.30. The minimum Gasteiger partial charge on any atom is -0.462 e. The van der Waals surface area contributed by atoms with Crippen LogP contribution in [0.1, 0.15) is 12.5 Å². The van der Waals surface area contributed by atoms with Crippen molar-refractivity contribution in [3.8, 4) is 11.4 Å². The third kappa shape index (κ3) is 3.67. The second-order valence-corrected chi connectivity index (χ2v) is 5.54. The Kier molecular flexibility index (Phi) is 4.76. The maximum absolute atomic E-state index is 11.4. The lowest BCUT2D eigenvalue weighted by atomic mass is 10.1. The maximum Gasteiger partial charge on any atom is 0.333 e. The zero-order valence-corrected chi connectivity index (χ0v) is 13.7. The molecule has 1 aromatic heterocycles. The third-order valence-corrected chi connectivity index (χ3v) is 3.60. The highest BCUT2D eigenvalue weighted by Crippen LogP contribution is 2.24. The van der Waals surface area contributed by atoms with E-state index < -0.39 is 5.97 Å². The van der Waals surface area contributed by atoms with Gasteiger partial charge >= 0.3 is 5.97 Å². The van der Waals surface area contributed by atoms with Crippen LogP contribution in [0.2, 0.25) is 0 Å². The highest BCUT2D eigenvalue weighted by atomic mass is 17.1. The third-order valence-electron chi connectivity index (χ3n) is 3.60. The van der Waals surface area contributed by atoms with Gasteiger partial charge in [-0.25, -0.2) is 10.1 Å². The van der Waals surface area contributed by atoms with Crippen molar-refractivity contribution in [3.63, 3.8) is 0 Å². The van der Waals surface area contributed by atoms with E-state index in [-0.39, 0.29) is 12.4 Å². The molecule has 2 aromatic carbocycles. The maximum atomic E-state index is 11.4. The van der Waals surface area contributed by atoms with E-state index in [1.807, 2.05) is 24.3 Å². The smallest absolute Gasteiger partial charge is 0.333 e. The van der Waals surface area contributed by atoms with Crippen molar-refractivity contribution in [1.29, 1.82) is 0 Å². The van der Waals surface area contributed by atoms with E-state index in [0.29, 0.717) is 17.7 Å². The van der Waals surface area contributed by atoms with Gasteiger partial charge in [-0.1, -0.05) is 24.8 Å². The average molecular weight is 339 g/mol. The van der Waals surface area contributed by atoms with Gasteiger partial charge in [-0.2, -0.15) is 0 Å². The Balaban J connectivity index is 1.85. The Hall–Kier alpha value is -3.19. The quantitative estimate of drug-likeness (QED) is 0.322. The molecule has 128 valence electrons. The summed E-state index contributed by atoms with van der Waals surface area (Å²) in [5.41, 5.74) is 3.19. The lowest BCUT2D eigenvalue weighted by Crippen LogP contribution is -2.09. The molecule has 7 heteroatoms. The highest BCUT2D eigenvalue weighted by Gasteiger charge is 2.12. The SMILES string of the molecule is C=C(C)C(=O)OCCc1ccc(OO)c(-n2nc3ccccc3n2)c1. The van der Waals surface area contributed by atoms with Crippen LogP contribution >= 0.6 is 0 Å². The number of carbonyl (C=O) groups is 1. The summed E-state index contributed by atoms with van der Waals surface area (Å²) in [4.78, 5) is 17.3. The van der Waals surface area contributed by atoms with Crippen molar-refractivity contribution in [2.75, 3.05) is 6.61 Å². The molecule has 0 fully saturated rings. The summed E-state index contributed by atoms with van der Waals surface area (Å²) >= 11 is 0. The van der Waals surface area contributed by atoms with Gasteiger partial charge in [-0.3, -0.25) is 0 Å². The van der Waals surface area contributed by atoms with E-state index in [1.165, 1.54) is 4.80 Å². The van der Waals surface area contributed by atoms with Crippen molar-refractivity contribution >= 4 is 17.0 Å². The van der Waals surface area contributed by atoms with Crippen LogP contribution in [-0.2, 0) is 16.0 Å². The Morgan fingerprint density at radius 2 is 1.88 bits per heavy atom. The topological polar surface area (TPSA) is 86.5 Å². The first-order valence-electron chi connectivity index (χ1n) is 7.68. The molecule has 1 N–H and O–H groups in total. The number of benzene rings is 2. The van der Waals surface area contributed by atoms with E-state index in [2.05, 4.69) is 21.7 Å². The fraction of sp³-hybridized carbons (Fsp3) is 0.167. The van der Waals surface area contributed by atoms with Crippen LogP contribution in [0.3, 0.4) is 0 Å². The van der Waals surface area contributed by atoms with Crippen LogP contribution in [0.25, 0.3) is 16.7 Å². The van der Waals surface area contributed by atoms with Crippen molar-refractivity contribution in [1.82, 2.24) is 15.0 Å². The first-order valence-corrected chi connectivity index (χ1v) is 7.68. The van der Waals surface area contributed by atoms with Crippen LogP contribution in [0.5, 0.6) is 5.75 Å². The zero-order valence-electron chi connectivity index (χ0n) is 13.7. The van der Waals surface area contributed by atoms with Gasteiger partial charge in [0.15, 0.2) is 5.75 Å². The van der Waals surface area contributed by atoms with Gasteiger partial charge in [-0.15, -0.1) is 15.0 Å². The predicted molar refractivity (Wildman–Crippen MR) is 91.6 cm³/mol. The molecule has 0 bridgehead atoms. The summed E-state index contributed by atoms with van der Waals surface area (Å²) in [5.74, 6) is -0.196. The van der Waals surface area contributed by atoms with E-state index in [0.717, 1.165) is 16.6 Å². The molecular formula is C18H17N3O4. The van der Waals surface area contributed by atoms with Crippen LogP contribution in [0.15, 0.2) is 54.6 Å². The lowest BCUT2D eigenvalue weighted by Gasteiger charge is -2.09. The summed E-state index contributed by atoms with van der Waals surface area (Å²) in [6.07, 6.45) is 0.499. The normalized spacial score (nSPS) is 10.6. The number of hydrogen-bond donors (Lipinski definition) is 1. The molecule has 0 amide bonds. The molecule has 0 spiro atoms. The average Bonchev–Trinajstić information content (AvgIpc) is 3.05. The number of nitrogens with zero attached hydrogens (tertiary/aromatic N) is 3. The molecule has 0 radical (unpaired) electrons. The summed E-state index contributed by atoms with van der Waals surface area (Å²) < 4.78 is 5.10. The van der Waals surface area contributed by atoms with Gasteiger partial charge in [0.05, 0.1) is 6.61 Å². The van der Waals surface area contributed by atoms with E-state index in [1.54, 1.807) is 25.1 Å². The van der Waals surface area contributed by atoms with Crippen LogP contribution in [0.4, 0.5) is 0 Å². The van der Waals surface area contributed by atoms with Gasteiger partial charge < -0.3 is 9.62 Å². The van der Waals surface area contributed by atoms with E-state index in [9.17, 15) is 4.79 Å². The summed E-state index contributed by atoms with van der Waals surface area (Å²) in [6, 6.07) is 12.6. The second kappa shape index (κ2) is 7.14. The standard InChI is InChI=1S/C18H17N3O4/c1-12(2)18(22)24-10-9-13-7-8-17(25-23)16(11-13)21-19-14-5-3-4-6-15(14)20-21/h3-8,11,23H,1,9-10H2,2H3. The molecule has 3 rings (SSSR count). The number of rotatable bonds is 6. The summed E-state index contributed by atoms with van der Waals surface area (Å²) in [5, 5.41) is 17.9. The number of aromatic nitrogens is 3. The molecule has 0 aliphatic carbocycles. The molecule has 0 saturated carbocycles. The number of fused-ring (bicyclic) bond motifs is 1. The lowest BCUT2D eigenvalue weighted by molar-refractivity contribution is -0.138. The number of carbonyl (C=O) groups excluding carboxylic acids is 1. The molecule has 0 aliphatic heterocycles. The Morgan fingerprint density at radius 3 is 2.48 bits per heavy atom. The van der Waals surface area contributed by atoms with Crippen molar-refractivity contribution < 1.29 is 19.7 Å². The fourth-order valence-corrected chi connectivity index (χ4v) is 2.30. The molecule has 7 nitrogen and oxygen atoms in total. The van der Waals surface area contributed by atoms with Crippen LogP contribution in [-0.4, -0.2) is 32.8 Å². The summed E-state index contributed by atoms with van der Waals surface area (Å²) in [6.45, 7) is 5.36. The number of hydrogen-bond acceptors (Lipinski definition) is 6. The van der Waals surface area contributed by atoms with Gasteiger partial charge in [0, 0.05) is 12.0 Å². The minimum absolute atomic E-state index is 0.221. The molecule has 0 atom stereocenters. The highest BCUT2D eigenvalue weighted by molar-refractivity contribution is 5.86. The molecule has 25 heavy (non-hydrogen) atoms. The van der Waals surface area contributed by atoms with Crippen molar-refractivity contribution in [2.45, 2.75) is 13.3 Å². The predicted octanol–water partition coefficient (Wildman–Crippen LogP) is 2.93. The molecular weight excluding hydrogens is 322 g/mol. The van der Waals surface area contributed by atoms with Crippen LogP contribution < -0.4 is 4.89 Å². The van der Waals surface area contributed by atoms with E-state index in [4.69, 9.17) is 9.99 Å². The number of ether oxygens (including phenoxy) is 1. The summed E-state index contributed by atoms with van der Waals surface area (Å²) in [7, 11) is 0. The monoisotopic (exact) mass is 339 g/mol. The number of esters is 1. The molecule has 0 unspecified atom stereocenters. The van der Waals surface area contributed by atoms with Gasteiger partial charge in [0.25, 0.3) is 0 Å². The minimum atomic E-state index is -0.421. The van der Waals surface area contributed by atoms with Crippen molar-refractivity contribution in [3.05, 3.63) is 60.2 Å². The van der Waals surface area contributed by atoms with E-state index >= 15 is 0 Å². The van der Waals surface area contributed by atoms with Crippen LogP contribution in [0, 0.1) is 0 Å². The first-order chi connectivity index (χ1) is 12.1. The zero-order chi connectivity index (χ0) is 17.8. The Bertz CT molecular complexity index is 900. The Morgan fingerprint density at radius 1 is 1.20 bits per heavy atom. The van der Waals surface area contributed by atoms with Crippen molar-refractivity contribution in [2.24, 2.45) is 0 Å². The molecule has 0 aliphatic rings. The van der Waals surface area contributed by atoms with Gasteiger partial charge in [0.2, 0.25) is 0 Å². The van der Waals surface area contributed by atoms with Gasteiger partial charge in [-0.05, 0) is 36.8 Å². The first kappa shape index (κ1) is 16.7. The molecule has 1 heterocycles. The Labute approximate surface area is 144 Å².